The molecule has 0 amide bonds. The molecule has 1 aliphatic rings. The second kappa shape index (κ2) is 5.09. The topological polar surface area (TPSA) is 53.3 Å². The van der Waals surface area contributed by atoms with Crippen LogP contribution in [0.3, 0.4) is 0 Å². The predicted molar refractivity (Wildman–Crippen MR) is 68.1 cm³/mol. The zero-order valence-electron chi connectivity index (χ0n) is 10.6. The minimum atomic E-state index is -0.220. The van der Waals surface area contributed by atoms with E-state index in [1.807, 2.05) is 24.1 Å². The normalized spacial score (nSPS) is 15.6. The van der Waals surface area contributed by atoms with Crippen molar-refractivity contribution in [1.82, 2.24) is 0 Å². The highest BCUT2D eigenvalue weighted by Crippen LogP contribution is 2.37. The fraction of sp³-hybridized carbons (Fsp3) is 0.429. The largest absolute Gasteiger partial charge is 0.467 e. The zero-order valence-corrected chi connectivity index (χ0v) is 10.6. The highest BCUT2D eigenvalue weighted by Gasteiger charge is 2.39. The van der Waals surface area contributed by atoms with Gasteiger partial charge in [-0.1, -0.05) is 0 Å². The number of rotatable bonds is 4. The predicted octanol–water partition coefficient (Wildman–Crippen LogP) is 1.95. The van der Waals surface area contributed by atoms with E-state index in [9.17, 15) is 4.79 Å². The lowest BCUT2D eigenvalue weighted by Gasteiger charge is -2.28. The van der Waals surface area contributed by atoms with Crippen LogP contribution in [0.15, 0.2) is 24.3 Å². The Kier molecular flexibility index (Phi) is 3.52. The maximum Gasteiger partial charge on any atom is 0.328 e. The summed E-state index contributed by atoms with van der Waals surface area (Å²) in [5.74, 6) is 0.197. The van der Waals surface area contributed by atoms with E-state index in [2.05, 4.69) is 6.07 Å². The van der Waals surface area contributed by atoms with Gasteiger partial charge in [-0.25, -0.2) is 4.79 Å². The highest BCUT2D eigenvalue weighted by molar-refractivity contribution is 5.80. The molecule has 0 aromatic heterocycles. The van der Waals surface area contributed by atoms with Gasteiger partial charge in [-0.3, -0.25) is 0 Å². The molecule has 1 saturated carbocycles. The Balaban J connectivity index is 2.19. The van der Waals surface area contributed by atoms with E-state index in [-0.39, 0.29) is 12.0 Å². The molecule has 0 saturated heterocycles. The van der Waals surface area contributed by atoms with Crippen LogP contribution in [0, 0.1) is 17.2 Å². The number of hydrogen-bond acceptors (Lipinski definition) is 4. The fourth-order valence-corrected chi connectivity index (χ4v) is 2.13. The fourth-order valence-electron chi connectivity index (χ4n) is 2.13. The van der Waals surface area contributed by atoms with Crippen molar-refractivity contribution >= 4 is 11.7 Å². The van der Waals surface area contributed by atoms with Crippen LogP contribution in [0.2, 0.25) is 0 Å². The van der Waals surface area contributed by atoms with Gasteiger partial charge < -0.3 is 9.64 Å². The smallest absolute Gasteiger partial charge is 0.328 e. The molecule has 0 radical (unpaired) electrons. The molecule has 4 heteroatoms. The highest BCUT2D eigenvalue weighted by atomic mass is 16.5. The lowest BCUT2D eigenvalue weighted by molar-refractivity contribution is -0.142. The number of anilines is 1. The minimum absolute atomic E-state index is 0.190. The standard InChI is InChI=1S/C14H16N2O2/c1-16(12-7-3-10(9-15)4-8-12)13(11-5-6-11)14(17)18-2/h3-4,7-8,11,13H,5-6H2,1-2H3. The molecule has 0 heterocycles. The van der Waals surface area contributed by atoms with E-state index in [1.54, 1.807) is 12.1 Å². The Morgan fingerprint density at radius 2 is 2.06 bits per heavy atom. The summed E-state index contributed by atoms with van der Waals surface area (Å²) in [7, 11) is 3.31. The van der Waals surface area contributed by atoms with Crippen molar-refractivity contribution in [2.45, 2.75) is 18.9 Å². The zero-order chi connectivity index (χ0) is 13.1. The lowest BCUT2D eigenvalue weighted by Crippen LogP contribution is -2.41. The molecule has 1 aromatic carbocycles. The first-order valence-corrected chi connectivity index (χ1v) is 5.98. The molecule has 0 spiro atoms. The Morgan fingerprint density at radius 1 is 1.44 bits per heavy atom. The van der Waals surface area contributed by atoms with Crippen molar-refractivity contribution in [3.05, 3.63) is 29.8 Å². The Labute approximate surface area is 107 Å². The number of esters is 1. The van der Waals surface area contributed by atoms with E-state index in [0.717, 1.165) is 18.5 Å². The van der Waals surface area contributed by atoms with E-state index < -0.39 is 0 Å². The second-order valence-electron chi connectivity index (χ2n) is 4.58. The molecule has 4 nitrogen and oxygen atoms in total. The van der Waals surface area contributed by atoms with Gasteiger partial charge in [0.1, 0.15) is 6.04 Å². The van der Waals surface area contributed by atoms with E-state index in [4.69, 9.17) is 10.00 Å². The van der Waals surface area contributed by atoms with Crippen molar-refractivity contribution in [1.29, 1.82) is 5.26 Å². The van der Waals surface area contributed by atoms with E-state index in [0.29, 0.717) is 11.5 Å². The number of hydrogen-bond donors (Lipinski definition) is 0. The lowest BCUT2D eigenvalue weighted by atomic mass is 10.1. The first-order valence-electron chi connectivity index (χ1n) is 5.98. The van der Waals surface area contributed by atoms with Gasteiger partial charge in [0.25, 0.3) is 0 Å². The number of methoxy groups -OCH3 is 1. The Bertz CT molecular complexity index is 472. The molecule has 2 rings (SSSR count). The third-order valence-electron chi connectivity index (χ3n) is 3.33. The molecular weight excluding hydrogens is 228 g/mol. The van der Waals surface area contributed by atoms with Crippen molar-refractivity contribution in [3.63, 3.8) is 0 Å². The van der Waals surface area contributed by atoms with Gasteiger partial charge in [-0.05, 0) is 43.0 Å². The molecule has 0 bridgehead atoms. The monoisotopic (exact) mass is 244 g/mol. The number of nitrogens with zero attached hydrogens (tertiary/aromatic N) is 2. The maximum atomic E-state index is 11.8. The molecule has 18 heavy (non-hydrogen) atoms. The Hall–Kier alpha value is -2.02. The van der Waals surface area contributed by atoms with Gasteiger partial charge in [0.2, 0.25) is 0 Å². The van der Waals surface area contributed by atoms with Crippen LogP contribution in [-0.2, 0) is 9.53 Å². The maximum absolute atomic E-state index is 11.8. The van der Waals surface area contributed by atoms with Gasteiger partial charge in [-0.2, -0.15) is 5.26 Å². The third-order valence-corrected chi connectivity index (χ3v) is 3.33. The number of carbonyl (C=O) groups is 1. The molecule has 1 unspecified atom stereocenters. The summed E-state index contributed by atoms with van der Waals surface area (Å²) in [5, 5.41) is 8.76. The van der Waals surface area contributed by atoms with Crippen LogP contribution >= 0.6 is 0 Å². The molecule has 94 valence electrons. The summed E-state index contributed by atoms with van der Waals surface area (Å²) in [6, 6.07) is 9.09. The van der Waals surface area contributed by atoms with Crippen molar-refractivity contribution in [2.75, 3.05) is 19.1 Å². The van der Waals surface area contributed by atoms with Crippen LogP contribution < -0.4 is 4.90 Å². The number of likely N-dealkylation sites (N-methyl/N-ethyl adjacent to an activating group) is 1. The molecule has 1 aliphatic carbocycles. The average Bonchev–Trinajstić information content (AvgIpc) is 3.23. The van der Waals surface area contributed by atoms with Crippen LogP contribution in [0.25, 0.3) is 0 Å². The summed E-state index contributed by atoms with van der Waals surface area (Å²) in [6.07, 6.45) is 2.14. The van der Waals surface area contributed by atoms with Crippen molar-refractivity contribution < 1.29 is 9.53 Å². The van der Waals surface area contributed by atoms with E-state index >= 15 is 0 Å². The van der Waals surface area contributed by atoms with E-state index in [1.165, 1.54) is 7.11 Å². The summed E-state index contributed by atoms with van der Waals surface area (Å²) in [4.78, 5) is 13.8. The second-order valence-corrected chi connectivity index (χ2v) is 4.58. The summed E-state index contributed by atoms with van der Waals surface area (Å²) >= 11 is 0. The number of nitriles is 1. The summed E-state index contributed by atoms with van der Waals surface area (Å²) < 4.78 is 4.87. The Morgan fingerprint density at radius 3 is 2.50 bits per heavy atom. The summed E-state index contributed by atoms with van der Waals surface area (Å²) in [6.45, 7) is 0. The van der Waals surface area contributed by atoms with Crippen LogP contribution in [0.5, 0.6) is 0 Å². The van der Waals surface area contributed by atoms with Crippen molar-refractivity contribution in [2.24, 2.45) is 5.92 Å². The molecule has 1 aromatic rings. The van der Waals surface area contributed by atoms with Crippen LogP contribution in [-0.4, -0.2) is 26.2 Å². The van der Waals surface area contributed by atoms with Gasteiger partial charge in [-0.15, -0.1) is 0 Å². The number of carbonyl (C=O) groups excluding carboxylic acids is 1. The summed E-state index contributed by atoms with van der Waals surface area (Å²) in [5.41, 5.74) is 1.55. The molecular formula is C14H16N2O2. The minimum Gasteiger partial charge on any atom is -0.467 e. The van der Waals surface area contributed by atoms with Gasteiger partial charge in [0, 0.05) is 12.7 Å². The van der Waals surface area contributed by atoms with Gasteiger partial charge in [0.15, 0.2) is 0 Å². The molecule has 0 aliphatic heterocycles. The number of benzene rings is 1. The third kappa shape index (κ3) is 2.45. The first-order chi connectivity index (χ1) is 8.67. The quantitative estimate of drug-likeness (QED) is 0.760. The van der Waals surface area contributed by atoms with Crippen LogP contribution in [0.1, 0.15) is 18.4 Å². The number of ether oxygens (including phenoxy) is 1. The molecule has 0 N–H and O–H groups in total. The molecule has 1 fully saturated rings. The average molecular weight is 244 g/mol. The van der Waals surface area contributed by atoms with Gasteiger partial charge >= 0.3 is 5.97 Å². The van der Waals surface area contributed by atoms with Gasteiger partial charge in [0.05, 0.1) is 18.7 Å². The van der Waals surface area contributed by atoms with Crippen LogP contribution in [0.4, 0.5) is 5.69 Å². The van der Waals surface area contributed by atoms with Crippen molar-refractivity contribution in [3.8, 4) is 6.07 Å². The SMILES string of the molecule is COC(=O)C(C1CC1)N(C)c1ccc(C#N)cc1. The first kappa shape index (κ1) is 12.4. The molecule has 1 atom stereocenters.